The molecule has 3 heterocycles. The topological polar surface area (TPSA) is 88.5 Å². The third-order valence-corrected chi connectivity index (χ3v) is 4.07. The Morgan fingerprint density at radius 2 is 2.04 bits per heavy atom. The van der Waals surface area contributed by atoms with Crippen LogP contribution < -0.4 is 10.9 Å². The van der Waals surface area contributed by atoms with Crippen LogP contribution in [0.5, 0.6) is 0 Å². The fourth-order valence-electron chi connectivity index (χ4n) is 2.45. The number of hydrogen-bond acceptors (Lipinski definition) is 5. The summed E-state index contributed by atoms with van der Waals surface area (Å²) in [6, 6.07) is 11.3. The first-order valence-corrected chi connectivity index (χ1v) is 7.96. The van der Waals surface area contributed by atoms with Gasteiger partial charge in [-0.15, -0.1) is 0 Å². The molecule has 25 heavy (non-hydrogen) atoms. The highest BCUT2D eigenvalue weighted by Crippen LogP contribution is 2.18. The van der Waals surface area contributed by atoms with Crippen molar-refractivity contribution in [2.45, 2.75) is 6.54 Å². The van der Waals surface area contributed by atoms with Crippen LogP contribution in [0.1, 0.15) is 5.56 Å². The smallest absolute Gasteiger partial charge is 0.295 e. The third-order valence-electron chi connectivity index (χ3n) is 3.70. The number of aromatic nitrogens is 5. The SMILES string of the molecule is O=c1c(Cl)c(NCc2cccnc2)cnn1-c1nc2ccccc2[nH]1. The molecule has 0 saturated carbocycles. The number of rotatable bonds is 4. The lowest BCUT2D eigenvalue weighted by molar-refractivity contribution is 0.767. The van der Waals surface area contributed by atoms with Crippen LogP contribution in [0.25, 0.3) is 17.0 Å². The van der Waals surface area contributed by atoms with Gasteiger partial charge in [0.25, 0.3) is 5.56 Å². The first kappa shape index (κ1) is 15.3. The van der Waals surface area contributed by atoms with Gasteiger partial charge in [0.2, 0.25) is 5.95 Å². The zero-order valence-corrected chi connectivity index (χ0v) is 13.7. The van der Waals surface area contributed by atoms with E-state index >= 15 is 0 Å². The minimum absolute atomic E-state index is 0.0550. The molecular formula is C17H13ClN6O. The number of anilines is 1. The Bertz CT molecular complexity index is 1060. The monoisotopic (exact) mass is 352 g/mol. The van der Waals surface area contributed by atoms with E-state index in [0.29, 0.717) is 18.2 Å². The summed E-state index contributed by atoms with van der Waals surface area (Å²) in [6.45, 7) is 0.489. The quantitative estimate of drug-likeness (QED) is 0.589. The van der Waals surface area contributed by atoms with Gasteiger partial charge in [-0.2, -0.15) is 9.78 Å². The van der Waals surface area contributed by atoms with Crippen LogP contribution in [-0.2, 0) is 6.54 Å². The van der Waals surface area contributed by atoms with Crippen molar-refractivity contribution >= 4 is 28.3 Å². The van der Waals surface area contributed by atoms with Crippen molar-refractivity contribution in [2.24, 2.45) is 0 Å². The van der Waals surface area contributed by atoms with Gasteiger partial charge in [0.1, 0.15) is 5.02 Å². The van der Waals surface area contributed by atoms with Gasteiger partial charge >= 0.3 is 0 Å². The number of fused-ring (bicyclic) bond motifs is 1. The Labute approximate surface area is 147 Å². The molecule has 4 rings (SSSR count). The molecule has 1 aromatic carbocycles. The molecule has 0 atom stereocenters. The Hall–Kier alpha value is -3.19. The maximum Gasteiger partial charge on any atom is 0.295 e. The van der Waals surface area contributed by atoms with E-state index in [1.165, 1.54) is 6.20 Å². The van der Waals surface area contributed by atoms with Crippen LogP contribution in [0.4, 0.5) is 5.69 Å². The molecule has 0 radical (unpaired) electrons. The molecule has 2 N–H and O–H groups in total. The average molecular weight is 353 g/mol. The molecule has 4 aromatic rings. The van der Waals surface area contributed by atoms with Crippen molar-refractivity contribution in [3.8, 4) is 5.95 Å². The Balaban J connectivity index is 1.65. The van der Waals surface area contributed by atoms with Gasteiger partial charge in [0.15, 0.2) is 0 Å². The van der Waals surface area contributed by atoms with Gasteiger partial charge in [0, 0.05) is 18.9 Å². The minimum atomic E-state index is -0.447. The summed E-state index contributed by atoms with van der Waals surface area (Å²) >= 11 is 6.22. The lowest BCUT2D eigenvalue weighted by atomic mass is 10.3. The number of para-hydroxylation sites is 2. The fraction of sp³-hybridized carbons (Fsp3) is 0.0588. The van der Waals surface area contributed by atoms with Gasteiger partial charge < -0.3 is 10.3 Å². The summed E-state index contributed by atoms with van der Waals surface area (Å²) in [5.74, 6) is 0.326. The molecule has 0 spiro atoms. The van der Waals surface area contributed by atoms with Gasteiger partial charge in [-0.1, -0.05) is 29.8 Å². The first-order chi connectivity index (χ1) is 12.2. The zero-order chi connectivity index (χ0) is 17.2. The number of aromatic amines is 1. The van der Waals surface area contributed by atoms with Crippen LogP contribution in [0.3, 0.4) is 0 Å². The average Bonchev–Trinajstić information content (AvgIpc) is 3.07. The molecule has 3 aromatic heterocycles. The second-order valence-corrected chi connectivity index (χ2v) is 5.76. The lowest BCUT2D eigenvalue weighted by Gasteiger charge is -2.08. The second kappa shape index (κ2) is 6.37. The molecule has 0 aliphatic heterocycles. The predicted octanol–water partition coefficient (Wildman–Crippen LogP) is 2.77. The van der Waals surface area contributed by atoms with Gasteiger partial charge in [0.05, 0.1) is 22.9 Å². The third kappa shape index (κ3) is 2.97. The van der Waals surface area contributed by atoms with E-state index in [0.717, 1.165) is 21.3 Å². The standard InChI is InChI=1S/C17H13ClN6O/c18-15-14(20-9-11-4-3-7-19-8-11)10-21-24(16(15)25)17-22-12-5-1-2-6-13(12)23-17/h1-8,10,20H,9H2,(H,22,23). The van der Waals surface area contributed by atoms with Gasteiger partial charge in [-0.3, -0.25) is 9.78 Å². The van der Waals surface area contributed by atoms with Gasteiger partial charge in [-0.25, -0.2) is 4.98 Å². The van der Waals surface area contributed by atoms with Crippen molar-refractivity contribution in [1.82, 2.24) is 24.7 Å². The number of hydrogen-bond donors (Lipinski definition) is 2. The number of benzene rings is 1. The molecule has 0 bridgehead atoms. The molecule has 7 nitrogen and oxygen atoms in total. The van der Waals surface area contributed by atoms with E-state index in [2.05, 4.69) is 25.4 Å². The highest BCUT2D eigenvalue weighted by Gasteiger charge is 2.13. The normalized spacial score (nSPS) is 10.9. The van der Waals surface area contributed by atoms with Crippen LogP contribution >= 0.6 is 11.6 Å². The van der Waals surface area contributed by atoms with Crippen LogP contribution in [0.15, 0.2) is 59.8 Å². The highest BCUT2D eigenvalue weighted by molar-refractivity contribution is 6.32. The maximum atomic E-state index is 12.5. The van der Waals surface area contributed by atoms with Crippen molar-refractivity contribution in [1.29, 1.82) is 0 Å². The van der Waals surface area contributed by atoms with Crippen molar-refractivity contribution in [2.75, 3.05) is 5.32 Å². The van der Waals surface area contributed by atoms with Crippen LogP contribution in [-0.4, -0.2) is 24.7 Å². The summed E-state index contributed by atoms with van der Waals surface area (Å²) in [7, 11) is 0. The van der Waals surface area contributed by atoms with E-state index < -0.39 is 5.56 Å². The number of H-pyrrole nitrogens is 1. The largest absolute Gasteiger partial charge is 0.378 e. The first-order valence-electron chi connectivity index (χ1n) is 7.58. The summed E-state index contributed by atoms with van der Waals surface area (Å²) in [6.07, 6.45) is 4.95. The van der Waals surface area contributed by atoms with Crippen LogP contribution in [0.2, 0.25) is 5.02 Å². The maximum absolute atomic E-state index is 12.5. The molecular weight excluding hydrogens is 340 g/mol. The molecule has 0 saturated heterocycles. The van der Waals surface area contributed by atoms with Crippen molar-refractivity contribution < 1.29 is 0 Å². The summed E-state index contributed by atoms with van der Waals surface area (Å²) in [4.78, 5) is 24.0. The highest BCUT2D eigenvalue weighted by atomic mass is 35.5. The number of nitrogens with one attached hydrogen (secondary N) is 2. The van der Waals surface area contributed by atoms with Crippen molar-refractivity contribution in [3.63, 3.8) is 0 Å². The summed E-state index contributed by atoms with van der Waals surface area (Å²) in [5.41, 5.74) is 2.56. The number of nitrogens with zero attached hydrogens (tertiary/aromatic N) is 4. The summed E-state index contributed by atoms with van der Waals surface area (Å²) in [5, 5.41) is 7.32. The molecule has 0 aliphatic rings. The Morgan fingerprint density at radius 1 is 1.16 bits per heavy atom. The molecule has 8 heteroatoms. The summed E-state index contributed by atoms with van der Waals surface area (Å²) < 4.78 is 1.15. The minimum Gasteiger partial charge on any atom is -0.378 e. The van der Waals surface area contributed by atoms with Gasteiger partial charge in [-0.05, 0) is 23.8 Å². The molecule has 124 valence electrons. The van der Waals surface area contributed by atoms with Crippen molar-refractivity contribution in [3.05, 3.63) is 75.9 Å². The Morgan fingerprint density at radius 3 is 2.84 bits per heavy atom. The van der Waals surface area contributed by atoms with E-state index in [9.17, 15) is 4.79 Å². The number of pyridine rings is 1. The number of imidazole rings is 1. The molecule has 0 aliphatic carbocycles. The molecule has 0 fully saturated rings. The molecule has 0 amide bonds. The van der Waals surface area contributed by atoms with E-state index in [-0.39, 0.29) is 5.02 Å². The van der Waals surface area contributed by atoms with E-state index in [1.807, 2.05) is 36.4 Å². The Kier molecular flexibility index (Phi) is 3.91. The molecule has 0 unspecified atom stereocenters. The second-order valence-electron chi connectivity index (χ2n) is 5.38. The van der Waals surface area contributed by atoms with E-state index in [1.54, 1.807) is 12.4 Å². The zero-order valence-electron chi connectivity index (χ0n) is 13.0. The fourth-order valence-corrected chi connectivity index (χ4v) is 2.64. The predicted molar refractivity (Wildman–Crippen MR) is 96.1 cm³/mol. The van der Waals surface area contributed by atoms with Crippen LogP contribution in [0, 0.1) is 0 Å². The van der Waals surface area contributed by atoms with E-state index in [4.69, 9.17) is 11.6 Å². The number of halogens is 1. The lowest BCUT2D eigenvalue weighted by Crippen LogP contribution is -2.23.